The number of halogens is 2. The number of phenolic OH excluding ortho intramolecular Hbond substituents is 1. The van der Waals surface area contributed by atoms with E-state index in [1.54, 1.807) is 18.2 Å². The molecule has 4 aliphatic rings. The summed E-state index contributed by atoms with van der Waals surface area (Å²) in [5.41, 5.74) is 0.706. The molecule has 8 nitrogen and oxygen atoms in total. The molecule has 4 atom stereocenters. The molecule has 42 heavy (non-hydrogen) atoms. The maximum atomic E-state index is 16.7. The third kappa shape index (κ3) is 4.19. The van der Waals surface area contributed by atoms with E-state index in [1.807, 2.05) is 30.3 Å². The standard InChI is InChI=1S/C32H33F2N5O3/c33-20-12-32(8-3-9-38(32)15-20)18-42-31-36-29-26(30(37-31)39-21-13-35-14-22(39)17-41-16-21)7-6-25(28(29)34)27-11-23(40)10-19-4-1-2-5-24(19)27/h1-2,4-7,10-11,20-22,35,40H,3,8-9,12-18H2/t20-,21?,22?,32+/m1/s1. The van der Waals surface area contributed by atoms with Crippen molar-refractivity contribution in [2.45, 2.75) is 43.1 Å². The third-order valence-electron chi connectivity index (χ3n) is 9.55. The quantitative estimate of drug-likeness (QED) is 0.363. The number of aromatic hydroxyl groups is 1. The van der Waals surface area contributed by atoms with Crippen LogP contribution in [0.2, 0.25) is 0 Å². The van der Waals surface area contributed by atoms with Gasteiger partial charge in [0.15, 0.2) is 5.82 Å². The van der Waals surface area contributed by atoms with Gasteiger partial charge in [0.25, 0.3) is 0 Å². The number of benzene rings is 3. The molecule has 2 unspecified atom stereocenters. The van der Waals surface area contributed by atoms with Crippen LogP contribution in [0.4, 0.5) is 14.6 Å². The van der Waals surface area contributed by atoms with E-state index in [2.05, 4.69) is 20.1 Å². The average molecular weight is 574 g/mol. The number of nitrogens with zero attached hydrogens (tertiary/aromatic N) is 4. The van der Waals surface area contributed by atoms with Gasteiger partial charge in [-0.3, -0.25) is 4.90 Å². The molecule has 0 spiro atoms. The molecule has 2 N–H and O–H groups in total. The molecule has 218 valence electrons. The van der Waals surface area contributed by atoms with E-state index in [4.69, 9.17) is 14.5 Å². The number of phenols is 1. The number of aromatic nitrogens is 2. The van der Waals surface area contributed by atoms with Crippen LogP contribution in [0, 0.1) is 5.82 Å². The lowest BCUT2D eigenvalue weighted by Gasteiger charge is -2.47. The molecule has 10 heteroatoms. The number of anilines is 1. The molecule has 1 aromatic heterocycles. The highest BCUT2D eigenvalue weighted by atomic mass is 19.1. The molecule has 4 aliphatic heterocycles. The van der Waals surface area contributed by atoms with Gasteiger partial charge in [0, 0.05) is 37.0 Å². The molecule has 2 bridgehead atoms. The lowest BCUT2D eigenvalue weighted by Crippen LogP contribution is -2.64. The molecule has 0 amide bonds. The highest BCUT2D eigenvalue weighted by Crippen LogP contribution is 2.42. The fourth-order valence-corrected chi connectivity index (χ4v) is 7.64. The Bertz CT molecular complexity index is 1670. The SMILES string of the molecule is Oc1cc(-c2ccc3c(N4C5CNCC4COC5)nc(OC[C@@]45CCCN4C[C@H](F)C5)nc3c2F)c2ccccc2c1. The highest BCUT2D eigenvalue weighted by Gasteiger charge is 2.49. The summed E-state index contributed by atoms with van der Waals surface area (Å²) in [6.45, 7) is 4.07. The molecule has 0 aliphatic carbocycles. The fraction of sp³-hybridized carbons (Fsp3) is 0.438. The number of ether oxygens (including phenoxy) is 2. The summed E-state index contributed by atoms with van der Waals surface area (Å²) in [6.07, 6.45) is 1.41. The number of morpholine rings is 1. The van der Waals surface area contributed by atoms with E-state index < -0.39 is 12.0 Å². The minimum Gasteiger partial charge on any atom is -0.508 e. The lowest BCUT2D eigenvalue weighted by molar-refractivity contribution is 0.0522. The van der Waals surface area contributed by atoms with Crippen molar-refractivity contribution in [3.05, 3.63) is 54.3 Å². The number of alkyl halides is 1. The van der Waals surface area contributed by atoms with E-state index >= 15 is 4.39 Å². The van der Waals surface area contributed by atoms with Gasteiger partial charge >= 0.3 is 6.01 Å². The van der Waals surface area contributed by atoms with Crippen molar-refractivity contribution in [3.8, 4) is 22.9 Å². The average Bonchev–Trinajstić information content (AvgIpc) is 3.51. The number of piperazine rings is 1. The van der Waals surface area contributed by atoms with Crippen LogP contribution in [-0.2, 0) is 4.74 Å². The molecular formula is C32H33F2N5O3. The smallest absolute Gasteiger partial charge is 0.319 e. The Labute approximate surface area is 242 Å². The van der Waals surface area contributed by atoms with Gasteiger partial charge in [-0.1, -0.05) is 30.3 Å². The van der Waals surface area contributed by atoms with Gasteiger partial charge in [0.1, 0.15) is 29.9 Å². The summed E-state index contributed by atoms with van der Waals surface area (Å²) < 4.78 is 43.3. The van der Waals surface area contributed by atoms with E-state index in [0.29, 0.717) is 48.5 Å². The first kappa shape index (κ1) is 26.1. The van der Waals surface area contributed by atoms with Crippen molar-refractivity contribution in [2.24, 2.45) is 0 Å². The van der Waals surface area contributed by atoms with Crippen molar-refractivity contribution in [1.82, 2.24) is 20.2 Å². The van der Waals surface area contributed by atoms with Gasteiger partial charge in [-0.05, 0) is 53.9 Å². The summed E-state index contributed by atoms with van der Waals surface area (Å²) in [5, 5.41) is 16.2. The van der Waals surface area contributed by atoms with Crippen LogP contribution in [0.1, 0.15) is 19.3 Å². The second kappa shape index (κ2) is 10.00. The minimum absolute atomic E-state index is 0.0345. The molecule has 4 fully saturated rings. The molecule has 0 radical (unpaired) electrons. The second-order valence-corrected chi connectivity index (χ2v) is 12.1. The van der Waals surface area contributed by atoms with Crippen LogP contribution in [0.15, 0.2) is 48.5 Å². The molecule has 4 aromatic rings. The Morgan fingerprint density at radius 3 is 2.74 bits per heavy atom. The van der Waals surface area contributed by atoms with E-state index in [-0.39, 0.29) is 41.5 Å². The summed E-state index contributed by atoms with van der Waals surface area (Å²) in [4.78, 5) is 14.0. The van der Waals surface area contributed by atoms with Crippen LogP contribution in [0.3, 0.4) is 0 Å². The van der Waals surface area contributed by atoms with Gasteiger partial charge in [-0.25, -0.2) is 8.78 Å². The fourth-order valence-electron chi connectivity index (χ4n) is 7.64. The van der Waals surface area contributed by atoms with E-state index in [1.165, 1.54) is 0 Å². The van der Waals surface area contributed by atoms with Crippen LogP contribution in [-0.4, -0.2) is 89.8 Å². The van der Waals surface area contributed by atoms with Crippen molar-refractivity contribution in [1.29, 1.82) is 0 Å². The zero-order valence-corrected chi connectivity index (χ0v) is 23.2. The summed E-state index contributed by atoms with van der Waals surface area (Å²) in [6, 6.07) is 14.6. The summed E-state index contributed by atoms with van der Waals surface area (Å²) >= 11 is 0. The number of hydrogen-bond acceptors (Lipinski definition) is 8. The Morgan fingerprint density at radius 1 is 1.05 bits per heavy atom. The number of fused-ring (bicyclic) bond motifs is 5. The Hall–Kier alpha value is -3.60. The maximum absolute atomic E-state index is 16.7. The molecule has 4 saturated heterocycles. The molecule has 3 aromatic carbocycles. The van der Waals surface area contributed by atoms with Crippen LogP contribution in [0.5, 0.6) is 11.8 Å². The lowest BCUT2D eigenvalue weighted by atomic mass is 9.95. The van der Waals surface area contributed by atoms with Gasteiger partial charge in [-0.15, -0.1) is 0 Å². The highest BCUT2D eigenvalue weighted by molar-refractivity contribution is 6.01. The van der Waals surface area contributed by atoms with Crippen molar-refractivity contribution in [3.63, 3.8) is 0 Å². The Kier molecular flexibility index (Phi) is 6.20. The number of rotatable bonds is 5. The normalized spacial score (nSPS) is 27.6. The third-order valence-corrected chi connectivity index (χ3v) is 9.55. The summed E-state index contributed by atoms with van der Waals surface area (Å²) in [7, 11) is 0. The van der Waals surface area contributed by atoms with Crippen LogP contribution in [0.25, 0.3) is 32.8 Å². The first-order chi connectivity index (χ1) is 20.5. The predicted octanol–water partition coefficient (Wildman–Crippen LogP) is 4.43. The van der Waals surface area contributed by atoms with Crippen LogP contribution >= 0.6 is 0 Å². The summed E-state index contributed by atoms with van der Waals surface area (Å²) in [5.74, 6) is 0.183. The Morgan fingerprint density at radius 2 is 1.88 bits per heavy atom. The van der Waals surface area contributed by atoms with E-state index in [9.17, 15) is 9.50 Å². The predicted molar refractivity (Wildman–Crippen MR) is 156 cm³/mol. The second-order valence-electron chi connectivity index (χ2n) is 12.1. The Balaban J connectivity index is 1.27. The van der Waals surface area contributed by atoms with E-state index in [0.717, 1.165) is 43.2 Å². The van der Waals surface area contributed by atoms with Gasteiger partial charge in [0.2, 0.25) is 0 Å². The van der Waals surface area contributed by atoms with Crippen molar-refractivity contribution in [2.75, 3.05) is 50.9 Å². The number of hydrogen-bond donors (Lipinski definition) is 2. The van der Waals surface area contributed by atoms with Gasteiger partial charge in [-0.2, -0.15) is 9.97 Å². The first-order valence-electron chi connectivity index (χ1n) is 14.8. The minimum atomic E-state index is -0.876. The molecule has 5 heterocycles. The molecular weight excluding hydrogens is 540 g/mol. The first-order valence-corrected chi connectivity index (χ1v) is 14.8. The maximum Gasteiger partial charge on any atom is 0.319 e. The topological polar surface area (TPSA) is 83.0 Å². The largest absolute Gasteiger partial charge is 0.508 e. The zero-order chi connectivity index (χ0) is 28.4. The molecule has 0 saturated carbocycles. The van der Waals surface area contributed by atoms with Gasteiger partial charge < -0.3 is 24.8 Å². The zero-order valence-electron chi connectivity index (χ0n) is 23.2. The monoisotopic (exact) mass is 573 g/mol. The van der Waals surface area contributed by atoms with Crippen molar-refractivity contribution < 1.29 is 23.4 Å². The van der Waals surface area contributed by atoms with Crippen molar-refractivity contribution >= 4 is 27.5 Å². The molecule has 8 rings (SSSR count). The number of nitrogens with one attached hydrogen (secondary N) is 1. The van der Waals surface area contributed by atoms with Crippen LogP contribution < -0.4 is 15.0 Å². The van der Waals surface area contributed by atoms with Gasteiger partial charge in [0.05, 0.1) is 30.8 Å².